The van der Waals surface area contributed by atoms with Crippen LogP contribution in [0, 0.1) is 17.8 Å². The van der Waals surface area contributed by atoms with Gasteiger partial charge in [-0.1, -0.05) is 12.2 Å². The molecule has 6 nitrogen and oxygen atoms in total. The first-order chi connectivity index (χ1) is 10.1. The zero-order valence-electron chi connectivity index (χ0n) is 12.2. The minimum absolute atomic E-state index is 0.0402. The van der Waals surface area contributed by atoms with Gasteiger partial charge in [0.1, 0.15) is 12.2 Å². The third kappa shape index (κ3) is 2.77. The van der Waals surface area contributed by atoms with Crippen molar-refractivity contribution in [3.8, 4) is 0 Å². The molecule has 5 atom stereocenters. The number of ether oxygens (including phenoxy) is 3. The van der Waals surface area contributed by atoms with Gasteiger partial charge >= 0.3 is 12.1 Å². The highest BCUT2D eigenvalue weighted by Gasteiger charge is 2.63. The van der Waals surface area contributed by atoms with E-state index in [1.165, 1.54) is 0 Å². The number of nitrogens with one attached hydrogen (secondary N) is 1. The zero-order valence-corrected chi connectivity index (χ0v) is 12.2. The Morgan fingerprint density at radius 1 is 1.48 bits per heavy atom. The Kier molecular flexibility index (Phi) is 3.89. The molecule has 0 aromatic carbocycles. The zero-order chi connectivity index (χ0) is 15.0. The molecule has 5 unspecified atom stereocenters. The van der Waals surface area contributed by atoms with Crippen LogP contribution in [0.1, 0.15) is 19.8 Å². The molecule has 3 rings (SSSR count). The summed E-state index contributed by atoms with van der Waals surface area (Å²) in [5.74, 6) is 0.437. The molecule has 1 heterocycles. The molecule has 2 aliphatic carbocycles. The molecule has 0 aromatic rings. The number of hydrogen-bond acceptors (Lipinski definition) is 5. The van der Waals surface area contributed by atoms with Crippen molar-refractivity contribution in [2.75, 3.05) is 19.8 Å². The fraction of sp³-hybridized carbons (Fsp3) is 0.733. The van der Waals surface area contributed by atoms with Crippen molar-refractivity contribution in [3.05, 3.63) is 12.2 Å². The van der Waals surface area contributed by atoms with Gasteiger partial charge in [0, 0.05) is 18.4 Å². The van der Waals surface area contributed by atoms with Crippen LogP contribution in [0.25, 0.3) is 0 Å². The highest BCUT2D eigenvalue weighted by molar-refractivity contribution is 5.77. The van der Waals surface area contributed by atoms with Crippen LogP contribution < -0.4 is 5.32 Å². The summed E-state index contributed by atoms with van der Waals surface area (Å²) in [6, 6.07) is 0. The minimum Gasteiger partial charge on any atom is -0.458 e. The predicted molar refractivity (Wildman–Crippen MR) is 73.5 cm³/mol. The van der Waals surface area contributed by atoms with E-state index in [4.69, 9.17) is 14.2 Å². The van der Waals surface area contributed by atoms with Crippen molar-refractivity contribution in [1.82, 2.24) is 5.32 Å². The van der Waals surface area contributed by atoms with Crippen molar-refractivity contribution in [2.45, 2.75) is 32.0 Å². The molecule has 0 spiro atoms. The van der Waals surface area contributed by atoms with Gasteiger partial charge in [-0.05, 0) is 19.8 Å². The van der Waals surface area contributed by atoms with Gasteiger partial charge < -0.3 is 19.5 Å². The maximum absolute atomic E-state index is 11.8. The molecular formula is C15H21NO5. The molecule has 21 heavy (non-hydrogen) atoms. The Labute approximate surface area is 123 Å². The molecule has 1 aliphatic heterocycles. The number of amides is 1. The summed E-state index contributed by atoms with van der Waals surface area (Å²) in [6.07, 6.45) is 0.743. The fourth-order valence-electron chi connectivity index (χ4n) is 3.70. The first-order valence-corrected chi connectivity index (χ1v) is 7.43. The van der Waals surface area contributed by atoms with Gasteiger partial charge in [0.2, 0.25) is 0 Å². The molecule has 1 N–H and O–H groups in total. The number of alkyl carbamates (subject to hydrolysis) is 1. The summed E-state index contributed by atoms with van der Waals surface area (Å²) < 4.78 is 16.1. The number of carbonyl (C=O) groups excluding carboxylic acids is 2. The number of rotatable bonds is 6. The van der Waals surface area contributed by atoms with Gasteiger partial charge in [-0.3, -0.25) is 4.79 Å². The summed E-state index contributed by atoms with van der Waals surface area (Å²) in [6.45, 7) is 6.90. The van der Waals surface area contributed by atoms with E-state index in [9.17, 15) is 9.59 Å². The lowest BCUT2D eigenvalue weighted by Crippen LogP contribution is -2.39. The van der Waals surface area contributed by atoms with E-state index in [1.54, 1.807) is 0 Å². The highest BCUT2D eigenvalue weighted by atomic mass is 16.6. The molecular weight excluding hydrogens is 274 g/mol. The summed E-state index contributed by atoms with van der Waals surface area (Å²) in [7, 11) is 0. The van der Waals surface area contributed by atoms with Crippen LogP contribution in [-0.4, -0.2) is 44.0 Å². The highest BCUT2D eigenvalue weighted by Crippen LogP contribution is 2.55. The maximum atomic E-state index is 11.8. The number of carbonyl (C=O) groups is 2. The smallest absolute Gasteiger partial charge is 0.407 e. The number of esters is 1. The average molecular weight is 295 g/mol. The average Bonchev–Trinajstić information content (AvgIpc) is 3.02. The molecule has 3 fully saturated rings. The lowest BCUT2D eigenvalue weighted by Gasteiger charge is -2.25. The van der Waals surface area contributed by atoms with Crippen LogP contribution in [0.2, 0.25) is 0 Å². The van der Waals surface area contributed by atoms with Crippen molar-refractivity contribution in [1.29, 1.82) is 0 Å². The molecule has 1 saturated heterocycles. The Balaban J connectivity index is 1.40. The van der Waals surface area contributed by atoms with Crippen LogP contribution in [0.3, 0.4) is 0 Å². The maximum Gasteiger partial charge on any atom is 0.407 e. The van der Waals surface area contributed by atoms with E-state index in [0.717, 1.165) is 18.4 Å². The van der Waals surface area contributed by atoms with E-state index in [0.29, 0.717) is 19.8 Å². The minimum atomic E-state index is -0.467. The second kappa shape index (κ2) is 5.67. The molecule has 0 aromatic heterocycles. The van der Waals surface area contributed by atoms with Gasteiger partial charge in [0.15, 0.2) is 0 Å². The SMILES string of the molecule is C=C(C)COCCNC(=O)OC1C2CC3C(=O)OC1C3C2. The third-order valence-corrected chi connectivity index (χ3v) is 4.52. The van der Waals surface area contributed by atoms with E-state index >= 15 is 0 Å². The van der Waals surface area contributed by atoms with E-state index in [2.05, 4.69) is 11.9 Å². The van der Waals surface area contributed by atoms with E-state index in [1.807, 2.05) is 6.92 Å². The van der Waals surface area contributed by atoms with Crippen LogP contribution in [0.4, 0.5) is 4.79 Å². The number of hydrogen-bond donors (Lipinski definition) is 1. The first kappa shape index (κ1) is 14.4. The van der Waals surface area contributed by atoms with Gasteiger partial charge in [-0.2, -0.15) is 0 Å². The molecule has 2 saturated carbocycles. The summed E-state index contributed by atoms with van der Waals surface area (Å²) >= 11 is 0. The Morgan fingerprint density at radius 2 is 2.29 bits per heavy atom. The number of fused-ring (bicyclic) bond motifs is 1. The molecule has 1 amide bonds. The van der Waals surface area contributed by atoms with Gasteiger partial charge in [-0.25, -0.2) is 4.79 Å². The first-order valence-electron chi connectivity index (χ1n) is 7.43. The van der Waals surface area contributed by atoms with Crippen LogP contribution >= 0.6 is 0 Å². The quantitative estimate of drug-likeness (QED) is 0.453. The summed E-state index contributed by atoms with van der Waals surface area (Å²) in [5.41, 5.74) is 0.942. The topological polar surface area (TPSA) is 73.9 Å². The van der Waals surface area contributed by atoms with Crippen molar-refractivity contribution >= 4 is 12.1 Å². The van der Waals surface area contributed by atoms with Gasteiger partial charge in [-0.15, -0.1) is 0 Å². The van der Waals surface area contributed by atoms with Crippen molar-refractivity contribution in [2.24, 2.45) is 17.8 Å². The monoisotopic (exact) mass is 295 g/mol. The predicted octanol–water partition coefficient (Wildman–Crippen LogP) is 1.26. The van der Waals surface area contributed by atoms with Crippen molar-refractivity contribution in [3.63, 3.8) is 0 Å². The fourth-order valence-corrected chi connectivity index (χ4v) is 3.70. The largest absolute Gasteiger partial charge is 0.458 e. The standard InChI is InChI=1S/C15H21NO5/c1-8(2)7-19-4-3-16-15(18)21-12-9-5-10-11(6-9)14(17)20-13(10)12/h9-13H,1,3-7H2,2H3,(H,16,18). The molecule has 2 bridgehead atoms. The summed E-state index contributed by atoms with van der Waals surface area (Å²) in [4.78, 5) is 23.4. The van der Waals surface area contributed by atoms with E-state index in [-0.39, 0.29) is 35.9 Å². The molecule has 6 heteroatoms. The van der Waals surface area contributed by atoms with Crippen molar-refractivity contribution < 1.29 is 23.8 Å². The lowest BCUT2D eigenvalue weighted by molar-refractivity contribution is -0.145. The normalized spacial score (nSPS) is 35.7. The molecule has 0 radical (unpaired) electrons. The third-order valence-electron chi connectivity index (χ3n) is 4.52. The molecule has 3 aliphatic rings. The van der Waals surface area contributed by atoms with Crippen LogP contribution in [-0.2, 0) is 19.0 Å². The second-order valence-corrected chi connectivity index (χ2v) is 6.21. The van der Waals surface area contributed by atoms with Gasteiger partial charge in [0.25, 0.3) is 0 Å². The van der Waals surface area contributed by atoms with E-state index < -0.39 is 6.09 Å². The Morgan fingerprint density at radius 3 is 3.05 bits per heavy atom. The van der Waals surface area contributed by atoms with Crippen LogP contribution in [0.15, 0.2) is 12.2 Å². The summed E-state index contributed by atoms with van der Waals surface area (Å²) in [5, 5.41) is 2.66. The lowest BCUT2D eigenvalue weighted by atomic mass is 9.88. The van der Waals surface area contributed by atoms with Gasteiger partial charge in [0.05, 0.1) is 19.1 Å². The molecule has 116 valence electrons. The second-order valence-electron chi connectivity index (χ2n) is 6.21. The Hall–Kier alpha value is -1.56. The Bertz CT molecular complexity index is 463. The van der Waals surface area contributed by atoms with Crippen LogP contribution in [0.5, 0.6) is 0 Å².